The van der Waals surface area contributed by atoms with Crippen LogP contribution in [0.4, 0.5) is 17.1 Å². The van der Waals surface area contributed by atoms with Crippen molar-refractivity contribution in [2.24, 2.45) is 0 Å². The molecule has 1 aliphatic heterocycles. The number of rotatable bonds is 6. The van der Waals surface area contributed by atoms with Crippen LogP contribution in [-0.4, -0.2) is 22.5 Å². The number of nitro groups is 1. The molecule has 3 aromatic carbocycles. The molecule has 1 saturated heterocycles. The van der Waals surface area contributed by atoms with Gasteiger partial charge in [-0.05, 0) is 53.4 Å². The number of hydrogen-bond donors (Lipinski definition) is 1. The van der Waals surface area contributed by atoms with Crippen LogP contribution in [0.3, 0.4) is 0 Å². The number of hydrogen-bond acceptors (Lipinski definition) is 5. The number of amides is 2. The van der Waals surface area contributed by atoms with Gasteiger partial charge in [0.25, 0.3) is 11.6 Å². The highest BCUT2D eigenvalue weighted by Crippen LogP contribution is 2.42. The van der Waals surface area contributed by atoms with Crippen LogP contribution < -0.4 is 10.2 Å². The predicted octanol–water partition coefficient (Wildman–Crippen LogP) is 5.75. The Kier molecular flexibility index (Phi) is 6.46. The van der Waals surface area contributed by atoms with Crippen LogP contribution in [0.1, 0.15) is 46.6 Å². The fourth-order valence-electron chi connectivity index (χ4n) is 3.68. The lowest BCUT2D eigenvalue weighted by Gasteiger charge is -2.25. The molecule has 0 aliphatic carbocycles. The third kappa shape index (κ3) is 4.90. The number of anilines is 2. The zero-order valence-electron chi connectivity index (χ0n) is 18.2. The van der Waals surface area contributed by atoms with Gasteiger partial charge in [-0.3, -0.25) is 24.6 Å². The summed E-state index contributed by atoms with van der Waals surface area (Å²) >= 11 is 1.55. The predicted molar refractivity (Wildman–Crippen MR) is 131 cm³/mol. The molecular formula is C25H23N3O4S. The summed E-state index contributed by atoms with van der Waals surface area (Å²) in [6.45, 7) is 4.26. The van der Waals surface area contributed by atoms with E-state index in [1.807, 2.05) is 42.5 Å². The van der Waals surface area contributed by atoms with E-state index < -0.39 is 4.92 Å². The molecule has 33 heavy (non-hydrogen) atoms. The Morgan fingerprint density at radius 1 is 1.09 bits per heavy atom. The molecule has 0 spiro atoms. The third-order valence-electron chi connectivity index (χ3n) is 5.48. The zero-order valence-corrected chi connectivity index (χ0v) is 19.0. The first-order valence-electron chi connectivity index (χ1n) is 10.5. The van der Waals surface area contributed by atoms with E-state index in [0.717, 1.165) is 11.3 Å². The van der Waals surface area contributed by atoms with Crippen molar-refractivity contribution >= 4 is 40.6 Å². The standard InChI is InChI=1S/C25H23N3O4S/c1-16(2)17-6-10-21(11-7-17)27-23(29)15-33-25(27)19-4-3-5-20(14-19)26-24(30)18-8-12-22(13-9-18)28(31)32/h3-14,16,25H,15H2,1-2H3,(H,26,30)/t25-/m1/s1. The maximum atomic E-state index is 12.7. The van der Waals surface area contributed by atoms with E-state index in [4.69, 9.17) is 0 Å². The molecule has 0 saturated carbocycles. The van der Waals surface area contributed by atoms with Gasteiger partial charge in [0.05, 0.1) is 10.7 Å². The van der Waals surface area contributed by atoms with Gasteiger partial charge in [0, 0.05) is 29.1 Å². The van der Waals surface area contributed by atoms with Crippen LogP contribution >= 0.6 is 11.8 Å². The number of non-ortho nitro benzene ring substituents is 1. The molecule has 8 heteroatoms. The number of carbonyl (C=O) groups is 2. The maximum Gasteiger partial charge on any atom is 0.269 e. The molecule has 1 heterocycles. The molecule has 4 rings (SSSR count). The van der Waals surface area contributed by atoms with Crippen molar-refractivity contribution < 1.29 is 14.5 Å². The van der Waals surface area contributed by atoms with E-state index in [1.165, 1.54) is 29.8 Å². The van der Waals surface area contributed by atoms with Crippen LogP contribution in [-0.2, 0) is 4.79 Å². The molecule has 3 aromatic rings. The van der Waals surface area contributed by atoms with Crippen LogP contribution in [0.5, 0.6) is 0 Å². The summed E-state index contributed by atoms with van der Waals surface area (Å²) < 4.78 is 0. The molecule has 168 valence electrons. The minimum absolute atomic E-state index is 0.0441. The van der Waals surface area contributed by atoms with Gasteiger partial charge < -0.3 is 5.32 Å². The maximum absolute atomic E-state index is 12.7. The summed E-state index contributed by atoms with van der Waals surface area (Å²) in [5.74, 6) is 0.478. The molecule has 1 atom stereocenters. The topological polar surface area (TPSA) is 92.6 Å². The summed E-state index contributed by atoms with van der Waals surface area (Å²) in [4.78, 5) is 37.4. The monoisotopic (exact) mass is 461 g/mol. The van der Waals surface area contributed by atoms with E-state index in [1.54, 1.807) is 22.7 Å². The third-order valence-corrected chi connectivity index (χ3v) is 6.69. The zero-order chi connectivity index (χ0) is 23.5. The van der Waals surface area contributed by atoms with Crippen LogP contribution in [0.2, 0.25) is 0 Å². The van der Waals surface area contributed by atoms with Crippen molar-refractivity contribution in [1.29, 1.82) is 0 Å². The minimum atomic E-state index is -0.506. The molecular weight excluding hydrogens is 438 g/mol. The molecule has 1 aliphatic rings. The number of nitrogens with zero attached hydrogens (tertiary/aromatic N) is 2. The van der Waals surface area contributed by atoms with E-state index in [2.05, 4.69) is 19.2 Å². The van der Waals surface area contributed by atoms with Crippen molar-refractivity contribution in [3.63, 3.8) is 0 Å². The molecule has 2 amide bonds. The van der Waals surface area contributed by atoms with Gasteiger partial charge in [-0.15, -0.1) is 11.8 Å². The SMILES string of the molecule is CC(C)c1ccc(N2C(=O)CS[C@@H]2c2cccc(NC(=O)c3ccc([N+](=O)[O-])cc3)c2)cc1. The van der Waals surface area contributed by atoms with Crippen LogP contribution in [0, 0.1) is 10.1 Å². The molecule has 1 fully saturated rings. The van der Waals surface area contributed by atoms with Gasteiger partial charge in [-0.25, -0.2) is 0 Å². The molecule has 7 nitrogen and oxygen atoms in total. The van der Waals surface area contributed by atoms with E-state index in [0.29, 0.717) is 22.9 Å². The first-order valence-corrected chi connectivity index (χ1v) is 11.6. The van der Waals surface area contributed by atoms with Crippen molar-refractivity contribution in [3.8, 4) is 0 Å². The largest absolute Gasteiger partial charge is 0.322 e. The second kappa shape index (κ2) is 9.46. The number of nitrogens with one attached hydrogen (secondary N) is 1. The Morgan fingerprint density at radius 3 is 2.42 bits per heavy atom. The Balaban J connectivity index is 1.54. The van der Waals surface area contributed by atoms with Gasteiger partial charge in [-0.2, -0.15) is 0 Å². The van der Waals surface area contributed by atoms with Crippen molar-refractivity contribution in [2.45, 2.75) is 25.1 Å². The Hall–Kier alpha value is -3.65. The number of benzene rings is 3. The van der Waals surface area contributed by atoms with Gasteiger partial charge in [0.2, 0.25) is 5.91 Å². The Morgan fingerprint density at radius 2 is 1.79 bits per heavy atom. The van der Waals surface area contributed by atoms with Gasteiger partial charge in [-0.1, -0.05) is 38.1 Å². The molecule has 0 bridgehead atoms. The average molecular weight is 462 g/mol. The second-order valence-corrected chi connectivity index (χ2v) is 9.13. The summed E-state index contributed by atoms with van der Waals surface area (Å²) in [6.07, 6.45) is 0. The van der Waals surface area contributed by atoms with Crippen molar-refractivity contribution in [2.75, 3.05) is 16.0 Å². The van der Waals surface area contributed by atoms with E-state index >= 15 is 0 Å². The summed E-state index contributed by atoms with van der Waals surface area (Å²) in [5.41, 5.74) is 3.80. The number of carbonyl (C=O) groups excluding carboxylic acids is 2. The Bertz CT molecular complexity index is 1190. The lowest BCUT2D eigenvalue weighted by Crippen LogP contribution is -2.27. The molecule has 0 unspecified atom stereocenters. The first-order chi connectivity index (χ1) is 15.8. The molecule has 1 N–H and O–H groups in total. The van der Waals surface area contributed by atoms with E-state index in [9.17, 15) is 19.7 Å². The minimum Gasteiger partial charge on any atom is -0.322 e. The summed E-state index contributed by atoms with van der Waals surface area (Å²) in [7, 11) is 0. The smallest absolute Gasteiger partial charge is 0.269 e. The van der Waals surface area contributed by atoms with Gasteiger partial charge >= 0.3 is 0 Å². The first kappa shape index (κ1) is 22.5. The second-order valence-electron chi connectivity index (χ2n) is 8.06. The highest BCUT2D eigenvalue weighted by molar-refractivity contribution is 8.00. The van der Waals surface area contributed by atoms with Gasteiger partial charge in [0.15, 0.2) is 0 Å². The lowest BCUT2D eigenvalue weighted by atomic mass is 10.0. The average Bonchev–Trinajstić information content (AvgIpc) is 3.20. The van der Waals surface area contributed by atoms with Crippen LogP contribution in [0.15, 0.2) is 72.8 Å². The quantitative estimate of drug-likeness (QED) is 0.373. The Labute approximate surface area is 196 Å². The molecule has 0 radical (unpaired) electrons. The highest BCUT2D eigenvalue weighted by atomic mass is 32.2. The summed E-state index contributed by atoms with van der Waals surface area (Å²) in [6, 6.07) is 20.9. The van der Waals surface area contributed by atoms with Crippen molar-refractivity contribution in [1.82, 2.24) is 0 Å². The normalized spacial score (nSPS) is 15.7. The fraction of sp³-hybridized carbons (Fsp3) is 0.200. The number of nitro benzene ring substituents is 1. The van der Waals surface area contributed by atoms with E-state index in [-0.39, 0.29) is 22.9 Å². The lowest BCUT2D eigenvalue weighted by molar-refractivity contribution is -0.384. The highest BCUT2D eigenvalue weighted by Gasteiger charge is 2.34. The fourth-order valence-corrected chi connectivity index (χ4v) is 4.84. The van der Waals surface area contributed by atoms with Gasteiger partial charge in [0.1, 0.15) is 5.37 Å². The summed E-state index contributed by atoms with van der Waals surface area (Å²) in [5, 5.41) is 13.4. The van der Waals surface area contributed by atoms with Crippen molar-refractivity contribution in [3.05, 3.63) is 99.6 Å². The molecule has 0 aromatic heterocycles. The van der Waals surface area contributed by atoms with Crippen LogP contribution in [0.25, 0.3) is 0 Å². The number of thioether (sulfide) groups is 1.